The standard InChI is InChI=1S/C14H14BrN/c1-10-5-3-4-6-13(10)16-14-9-12(15)8-7-11(14)2/h3-9,16H,1-2H3. The van der Waals surface area contributed by atoms with Crippen LogP contribution in [0.15, 0.2) is 46.9 Å². The minimum atomic E-state index is 1.09. The molecule has 0 atom stereocenters. The van der Waals surface area contributed by atoms with Gasteiger partial charge in [-0.15, -0.1) is 0 Å². The predicted octanol–water partition coefficient (Wildman–Crippen LogP) is 4.81. The van der Waals surface area contributed by atoms with E-state index in [2.05, 4.69) is 65.4 Å². The average Bonchev–Trinajstić information content (AvgIpc) is 2.27. The lowest BCUT2D eigenvalue weighted by molar-refractivity contribution is 1.38. The van der Waals surface area contributed by atoms with E-state index in [0.717, 1.165) is 15.8 Å². The topological polar surface area (TPSA) is 12.0 Å². The molecule has 0 heterocycles. The molecule has 0 radical (unpaired) electrons. The second-order valence-corrected chi connectivity index (χ2v) is 4.81. The Hall–Kier alpha value is -1.28. The first-order valence-corrected chi connectivity index (χ1v) is 6.05. The van der Waals surface area contributed by atoms with Crippen molar-refractivity contribution in [2.45, 2.75) is 13.8 Å². The summed E-state index contributed by atoms with van der Waals surface area (Å²) in [6.45, 7) is 4.21. The zero-order chi connectivity index (χ0) is 11.5. The number of anilines is 2. The van der Waals surface area contributed by atoms with E-state index in [1.807, 2.05) is 12.1 Å². The van der Waals surface area contributed by atoms with Crippen LogP contribution in [0.1, 0.15) is 11.1 Å². The van der Waals surface area contributed by atoms with Crippen LogP contribution >= 0.6 is 15.9 Å². The first kappa shape index (κ1) is 11.2. The van der Waals surface area contributed by atoms with E-state index in [1.54, 1.807) is 0 Å². The van der Waals surface area contributed by atoms with Gasteiger partial charge in [0.05, 0.1) is 0 Å². The molecule has 2 aromatic rings. The molecule has 2 aromatic carbocycles. The van der Waals surface area contributed by atoms with Crippen molar-refractivity contribution in [2.24, 2.45) is 0 Å². The first-order valence-electron chi connectivity index (χ1n) is 5.25. The molecule has 0 saturated heterocycles. The lowest BCUT2D eigenvalue weighted by atomic mass is 10.1. The van der Waals surface area contributed by atoms with Gasteiger partial charge in [0, 0.05) is 15.8 Å². The van der Waals surface area contributed by atoms with Gasteiger partial charge < -0.3 is 5.32 Å². The van der Waals surface area contributed by atoms with E-state index in [4.69, 9.17) is 0 Å². The summed E-state index contributed by atoms with van der Waals surface area (Å²) in [5.74, 6) is 0. The number of aryl methyl sites for hydroxylation is 2. The third-order valence-corrected chi connectivity index (χ3v) is 3.11. The Kier molecular flexibility index (Phi) is 3.30. The summed E-state index contributed by atoms with van der Waals surface area (Å²) in [7, 11) is 0. The third-order valence-electron chi connectivity index (χ3n) is 2.61. The van der Waals surface area contributed by atoms with Gasteiger partial charge in [-0.2, -0.15) is 0 Å². The second kappa shape index (κ2) is 4.71. The smallest absolute Gasteiger partial charge is 0.0425 e. The zero-order valence-electron chi connectivity index (χ0n) is 9.42. The van der Waals surface area contributed by atoms with Crippen LogP contribution in [0.3, 0.4) is 0 Å². The van der Waals surface area contributed by atoms with Crippen molar-refractivity contribution in [1.82, 2.24) is 0 Å². The van der Waals surface area contributed by atoms with Crippen LogP contribution in [0.4, 0.5) is 11.4 Å². The van der Waals surface area contributed by atoms with Gasteiger partial charge in [0.25, 0.3) is 0 Å². The molecule has 82 valence electrons. The molecule has 0 spiro atoms. The highest BCUT2D eigenvalue weighted by atomic mass is 79.9. The first-order chi connectivity index (χ1) is 7.66. The van der Waals surface area contributed by atoms with Crippen molar-refractivity contribution < 1.29 is 0 Å². The van der Waals surface area contributed by atoms with Crippen LogP contribution in [0.5, 0.6) is 0 Å². The Morgan fingerprint density at radius 3 is 2.31 bits per heavy atom. The fourth-order valence-corrected chi connectivity index (χ4v) is 1.95. The predicted molar refractivity (Wildman–Crippen MR) is 73.3 cm³/mol. The molecule has 0 fully saturated rings. The highest BCUT2D eigenvalue weighted by Crippen LogP contribution is 2.25. The molecule has 2 rings (SSSR count). The second-order valence-electron chi connectivity index (χ2n) is 3.90. The largest absolute Gasteiger partial charge is 0.355 e. The van der Waals surface area contributed by atoms with E-state index in [-0.39, 0.29) is 0 Å². The lowest BCUT2D eigenvalue weighted by Crippen LogP contribution is -1.94. The fourth-order valence-electron chi connectivity index (χ4n) is 1.59. The molecule has 0 aromatic heterocycles. The fraction of sp³-hybridized carbons (Fsp3) is 0.143. The molecule has 0 aliphatic heterocycles. The molecule has 0 aliphatic rings. The maximum atomic E-state index is 3.49. The summed E-state index contributed by atoms with van der Waals surface area (Å²) in [6, 6.07) is 14.5. The van der Waals surface area contributed by atoms with Gasteiger partial charge in [-0.05, 0) is 43.2 Å². The Labute approximate surface area is 105 Å². The summed E-state index contributed by atoms with van der Waals surface area (Å²) in [5, 5.41) is 3.45. The summed E-state index contributed by atoms with van der Waals surface area (Å²) in [5.41, 5.74) is 4.79. The van der Waals surface area contributed by atoms with Gasteiger partial charge in [0.1, 0.15) is 0 Å². The minimum Gasteiger partial charge on any atom is -0.355 e. The highest BCUT2D eigenvalue weighted by molar-refractivity contribution is 9.10. The average molecular weight is 276 g/mol. The molecular weight excluding hydrogens is 262 g/mol. The number of para-hydroxylation sites is 1. The van der Waals surface area contributed by atoms with Crippen molar-refractivity contribution in [3.8, 4) is 0 Å². The maximum Gasteiger partial charge on any atom is 0.0425 e. The van der Waals surface area contributed by atoms with E-state index >= 15 is 0 Å². The highest BCUT2D eigenvalue weighted by Gasteiger charge is 2.01. The number of nitrogens with one attached hydrogen (secondary N) is 1. The van der Waals surface area contributed by atoms with Crippen LogP contribution in [-0.4, -0.2) is 0 Å². The van der Waals surface area contributed by atoms with Gasteiger partial charge in [0.15, 0.2) is 0 Å². The molecule has 0 saturated carbocycles. The van der Waals surface area contributed by atoms with Crippen LogP contribution < -0.4 is 5.32 Å². The molecule has 1 nitrogen and oxygen atoms in total. The van der Waals surface area contributed by atoms with Gasteiger partial charge >= 0.3 is 0 Å². The van der Waals surface area contributed by atoms with E-state index in [9.17, 15) is 0 Å². The van der Waals surface area contributed by atoms with Crippen molar-refractivity contribution >= 4 is 27.3 Å². The van der Waals surface area contributed by atoms with Crippen LogP contribution in [-0.2, 0) is 0 Å². The Bertz CT molecular complexity index is 506. The molecule has 0 amide bonds. The number of halogens is 1. The van der Waals surface area contributed by atoms with Gasteiger partial charge in [-0.3, -0.25) is 0 Å². The van der Waals surface area contributed by atoms with E-state index in [1.165, 1.54) is 11.1 Å². The summed E-state index contributed by atoms with van der Waals surface area (Å²) < 4.78 is 1.09. The Morgan fingerprint density at radius 2 is 1.56 bits per heavy atom. The van der Waals surface area contributed by atoms with Crippen molar-refractivity contribution in [3.63, 3.8) is 0 Å². The van der Waals surface area contributed by atoms with Crippen molar-refractivity contribution in [1.29, 1.82) is 0 Å². The van der Waals surface area contributed by atoms with Gasteiger partial charge in [-0.25, -0.2) is 0 Å². The van der Waals surface area contributed by atoms with E-state index < -0.39 is 0 Å². The molecule has 0 aliphatic carbocycles. The third kappa shape index (κ3) is 2.45. The Balaban J connectivity index is 2.34. The Morgan fingerprint density at radius 1 is 0.875 bits per heavy atom. The quantitative estimate of drug-likeness (QED) is 0.830. The minimum absolute atomic E-state index is 1.09. The van der Waals surface area contributed by atoms with Crippen LogP contribution in [0, 0.1) is 13.8 Å². The normalized spacial score (nSPS) is 10.2. The molecule has 2 heteroatoms. The monoisotopic (exact) mass is 275 g/mol. The molecule has 0 bridgehead atoms. The van der Waals surface area contributed by atoms with Gasteiger partial charge in [-0.1, -0.05) is 40.2 Å². The zero-order valence-corrected chi connectivity index (χ0v) is 11.0. The van der Waals surface area contributed by atoms with Crippen LogP contribution in [0.25, 0.3) is 0 Å². The molecule has 0 unspecified atom stereocenters. The molecule has 1 N–H and O–H groups in total. The van der Waals surface area contributed by atoms with Crippen molar-refractivity contribution in [3.05, 3.63) is 58.1 Å². The number of rotatable bonds is 2. The van der Waals surface area contributed by atoms with E-state index in [0.29, 0.717) is 0 Å². The number of hydrogen-bond donors (Lipinski definition) is 1. The molecule has 16 heavy (non-hydrogen) atoms. The van der Waals surface area contributed by atoms with Crippen molar-refractivity contribution in [2.75, 3.05) is 5.32 Å². The maximum absolute atomic E-state index is 3.49. The lowest BCUT2D eigenvalue weighted by Gasteiger charge is -2.12. The summed E-state index contributed by atoms with van der Waals surface area (Å²) in [4.78, 5) is 0. The number of benzene rings is 2. The SMILES string of the molecule is Cc1ccccc1Nc1cc(Br)ccc1C. The van der Waals surface area contributed by atoms with Gasteiger partial charge in [0.2, 0.25) is 0 Å². The van der Waals surface area contributed by atoms with Crippen LogP contribution in [0.2, 0.25) is 0 Å². The molecular formula is C14H14BrN. The summed E-state index contributed by atoms with van der Waals surface area (Å²) in [6.07, 6.45) is 0. The summed E-state index contributed by atoms with van der Waals surface area (Å²) >= 11 is 3.49. The number of hydrogen-bond acceptors (Lipinski definition) is 1.